The molecule has 1 saturated heterocycles. The van der Waals surface area contributed by atoms with Crippen LogP contribution in [-0.4, -0.2) is 31.7 Å². The number of amides is 1. The van der Waals surface area contributed by atoms with Crippen LogP contribution in [0.4, 0.5) is 18.9 Å². The summed E-state index contributed by atoms with van der Waals surface area (Å²) in [5.41, 5.74) is -0.568. The summed E-state index contributed by atoms with van der Waals surface area (Å²) in [6.45, 7) is 0.744. The standard InChI is InChI=1S/C15H13F3N2O3S2/c16-9-3-4-10(13(18)12(9)17)19-15(21)14-11(5-8-24-14)25(22,23)20-6-1-2-7-20/h3-5,8H,1-2,6-7H2,(H,19,21). The van der Waals surface area contributed by atoms with E-state index in [2.05, 4.69) is 5.32 Å². The van der Waals surface area contributed by atoms with E-state index >= 15 is 0 Å². The first-order valence-corrected chi connectivity index (χ1v) is 9.67. The van der Waals surface area contributed by atoms with Crippen LogP contribution in [0.15, 0.2) is 28.5 Å². The molecule has 0 atom stereocenters. The van der Waals surface area contributed by atoms with Gasteiger partial charge in [0, 0.05) is 13.1 Å². The maximum atomic E-state index is 13.7. The highest BCUT2D eigenvalue weighted by Crippen LogP contribution is 2.29. The Bertz CT molecular complexity index is 922. The average Bonchev–Trinajstić information content (AvgIpc) is 3.26. The van der Waals surface area contributed by atoms with Crippen molar-refractivity contribution in [2.24, 2.45) is 0 Å². The molecule has 3 rings (SSSR count). The molecule has 25 heavy (non-hydrogen) atoms. The van der Waals surface area contributed by atoms with Gasteiger partial charge < -0.3 is 5.32 Å². The monoisotopic (exact) mass is 390 g/mol. The summed E-state index contributed by atoms with van der Waals surface area (Å²) in [5, 5.41) is 3.52. The van der Waals surface area contributed by atoms with E-state index in [4.69, 9.17) is 0 Å². The van der Waals surface area contributed by atoms with Crippen molar-refractivity contribution in [2.45, 2.75) is 17.7 Å². The zero-order valence-electron chi connectivity index (χ0n) is 12.8. The Kier molecular flexibility index (Phi) is 4.85. The van der Waals surface area contributed by atoms with E-state index < -0.39 is 39.1 Å². The molecule has 0 bridgehead atoms. The number of anilines is 1. The Morgan fingerprint density at radius 1 is 1.08 bits per heavy atom. The van der Waals surface area contributed by atoms with Crippen LogP contribution in [0.1, 0.15) is 22.5 Å². The molecular weight excluding hydrogens is 377 g/mol. The van der Waals surface area contributed by atoms with Crippen molar-refractivity contribution in [1.29, 1.82) is 0 Å². The van der Waals surface area contributed by atoms with Crippen molar-refractivity contribution in [3.63, 3.8) is 0 Å². The number of sulfonamides is 1. The summed E-state index contributed by atoms with van der Waals surface area (Å²) < 4.78 is 66.4. The van der Waals surface area contributed by atoms with Crippen LogP contribution < -0.4 is 5.32 Å². The molecule has 134 valence electrons. The topological polar surface area (TPSA) is 66.5 Å². The van der Waals surface area contributed by atoms with E-state index in [9.17, 15) is 26.4 Å². The van der Waals surface area contributed by atoms with Gasteiger partial charge in [0.2, 0.25) is 10.0 Å². The minimum atomic E-state index is -3.83. The number of halogens is 3. The second-order valence-corrected chi connectivity index (χ2v) is 8.22. The lowest BCUT2D eigenvalue weighted by atomic mass is 10.2. The molecule has 0 radical (unpaired) electrons. The summed E-state index contributed by atoms with van der Waals surface area (Å²) in [4.78, 5) is 12.0. The summed E-state index contributed by atoms with van der Waals surface area (Å²) in [6.07, 6.45) is 1.48. The molecule has 1 aromatic carbocycles. The molecule has 10 heteroatoms. The molecule has 1 fully saturated rings. The normalized spacial score (nSPS) is 15.5. The van der Waals surface area contributed by atoms with Crippen molar-refractivity contribution >= 4 is 33.0 Å². The van der Waals surface area contributed by atoms with Gasteiger partial charge in [0.1, 0.15) is 9.77 Å². The Morgan fingerprint density at radius 3 is 2.44 bits per heavy atom. The lowest BCUT2D eigenvalue weighted by Crippen LogP contribution is -2.29. The molecule has 0 unspecified atom stereocenters. The largest absolute Gasteiger partial charge is 0.319 e. The SMILES string of the molecule is O=C(Nc1ccc(F)c(F)c1F)c1sccc1S(=O)(=O)N1CCCC1. The summed E-state index contributed by atoms with van der Waals surface area (Å²) in [6, 6.07) is 2.84. The molecule has 1 amide bonds. The maximum Gasteiger partial charge on any atom is 0.267 e. The average molecular weight is 390 g/mol. The molecule has 1 aromatic heterocycles. The van der Waals surface area contributed by atoms with Crippen molar-refractivity contribution in [2.75, 3.05) is 18.4 Å². The van der Waals surface area contributed by atoms with Gasteiger partial charge in [0.25, 0.3) is 5.91 Å². The first-order valence-electron chi connectivity index (χ1n) is 7.35. The Labute approximate surface area is 146 Å². The van der Waals surface area contributed by atoms with E-state index in [0.717, 1.165) is 30.2 Å². The minimum Gasteiger partial charge on any atom is -0.319 e. The van der Waals surface area contributed by atoms with Gasteiger partial charge in [-0.15, -0.1) is 11.3 Å². The van der Waals surface area contributed by atoms with E-state index in [0.29, 0.717) is 19.2 Å². The van der Waals surface area contributed by atoms with Gasteiger partial charge in [0.15, 0.2) is 17.5 Å². The Balaban J connectivity index is 1.90. The van der Waals surface area contributed by atoms with Gasteiger partial charge >= 0.3 is 0 Å². The van der Waals surface area contributed by atoms with Crippen LogP contribution in [-0.2, 0) is 10.0 Å². The van der Waals surface area contributed by atoms with Gasteiger partial charge in [-0.1, -0.05) is 0 Å². The first-order chi connectivity index (χ1) is 11.8. The molecule has 1 aliphatic heterocycles. The number of hydrogen-bond donors (Lipinski definition) is 1. The lowest BCUT2D eigenvalue weighted by Gasteiger charge is -2.15. The van der Waals surface area contributed by atoms with Gasteiger partial charge in [0.05, 0.1) is 5.69 Å². The smallest absolute Gasteiger partial charge is 0.267 e. The van der Waals surface area contributed by atoms with E-state index in [1.165, 1.54) is 15.8 Å². The number of benzene rings is 1. The van der Waals surface area contributed by atoms with Gasteiger partial charge in [-0.2, -0.15) is 4.31 Å². The Morgan fingerprint density at radius 2 is 1.76 bits per heavy atom. The summed E-state index contributed by atoms with van der Waals surface area (Å²) in [5.74, 6) is -5.55. The fraction of sp³-hybridized carbons (Fsp3) is 0.267. The highest BCUT2D eigenvalue weighted by atomic mass is 32.2. The van der Waals surface area contributed by atoms with E-state index in [-0.39, 0.29) is 9.77 Å². The second kappa shape index (κ2) is 6.77. The van der Waals surface area contributed by atoms with E-state index in [1.54, 1.807) is 0 Å². The molecule has 5 nitrogen and oxygen atoms in total. The fourth-order valence-electron chi connectivity index (χ4n) is 2.54. The van der Waals surface area contributed by atoms with Crippen LogP contribution in [0.2, 0.25) is 0 Å². The zero-order chi connectivity index (χ0) is 18.2. The fourth-order valence-corrected chi connectivity index (χ4v) is 5.35. The van der Waals surface area contributed by atoms with Crippen LogP contribution in [0.25, 0.3) is 0 Å². The molecule has 0 aliphatic carbocycles. The molecular formula is C15H13F3N2O3S2. The number of thiophene rings is 1. The van der Waals surface area contributed by atoms with Gasteiger partial charge in [-0.3, -0.25) is 4.79 Å². The quantitative estimate of drug-likeness (QED) is 0.816. The van der Waals surface area contributed by atoms with Crippen LogP contribution in [0, 0.1) is 17.5 Å². The van der Waals surface area contributed by atoms with Crippen molar-refractivity contribution < 1.29 is 26.4 Å². The van der Waals surface area contributed by atoms with Crippen LogP contribution >= 0.6 is 11.3 Å². The number of nitrogens with zero attached hydrogens (tertiary/aromatic N) is 1. The number of hydrogen-bond acceptors (Lipinski definition) is 4. The predicted octanol–water partition coefficient (Wildman–Crippen LogP) is 3.20. The highest BCUT2D eigenvalue weighted by Gasteiger charge is 2.32. The first kappa shape index (κ1) is 17.9. The van der Waals surface area contributed by atoms with E-state index in [1.807, 2.05) is 0 Å². The molecule has 0 spiro atoms. The summed E-state index contributed by atoms with van der Waals surface area (Å²) in [7, 11) is -3.83. The molecule has 1 aliphatic rings. The number of nitrogens with one attached hydrogen (secondary N) is 1. The molecule has 2 heterocycles. The summed E-state index contributed by atoms with van der Waals surface area (Å²) >= 11 is 0.868. The van der Waals surface area contributed by atoms with Crippen LogP contribution in [0.3, 0.4) is 0 Å². The maximum absolute atomic E-state index is 13.7. The third kappa shape index (κ3) is 3.29. The lowest BCUT2D eigenvalue weighted by molar-refractivity contribution is 0.102. The van der Waals surface area contributed by atoms with Gasteiger partial charge in [-0.05, 0) is 36.4 Å². The van der Waals surface area contributed by atoms with Crippen molar-refractivity contribution in [3.8, 4) is 0 Å². The third-order valence-electron chi connectivity index (χ3n) is 3.80. The number of carbonyl (C=O) groups excluding carboxylic acids is 1. The second-order valence-electron chi connectivity index (χ2n) is 5.40. The van der Waals surface area contributed by atoms with Gasteiger partial charge in [-0.25, -0.2) is 21.6 Å². The number of rotatable bonds is 4. The molecule has 2 aromatic rings. The van der Waals surface area contributed by atoms with Crippen molar-refractivity contribution in [3.05, 3.63) is 45.9 Å². The third-order valence-corrected chi connectivity index (χ3v) is 6.78. The molecule has 0 saturated carbocycles. The van der Waals surface area contributed by atoms with Crippen molar-refractivity contribution in [1.82, 2.24) is 4.31 Å². The Hall–Kier alpha value is -1.91. The minimum absolute atomic E-state index is 0.143. The predicted molar refractivity (Wildman–Crippen MR) is 86.6 cm³/mol. The zero-order valence-corrected chi connectivity index (χ0v) is 14.4. The number of carbonyl (C=O) groups is 1. The van der Waals surface area contributed by atoms with Crippen LogP contribution in [0.5, 0.6) is 0 Å². The highest BCUT2D eigenvalue weighted by molar-refractivity contribution is 7.89. The molecule has 1 N–H and O–H groups in total.